The molecule has 0 saturated carbocycles. The first-order chi connectivity index (χ1) is 15.6. The molecule has 0 aliphatic rings. The molecule has 0 spiro atoms. The molecule has 3 rings (SSSR count). The molecule has 3 N–H and O–H groups in total. The summed E-state index contributed by atoms with van der Waals surface area (Å²) in [6.45, 7) is 3.98. The second-order valence-corrected chi connectivity index (χ2v) is 9.59. The summed E-state index contributed by atoms with van der Waals surface area (Å²) in [5.41, 5.74) is 3.84. The number of aromatic hydroxyl groups is 1. The van der Waals surface area contributed by atoms with Gasteiger partial charge in [-0.15, -0.1) is 0 Å². The van der Waals surface area contributed by atoms with Gasteiger partial charge in [0.2, 0.25) is 15.7 Å². The average molecular weight is 489 g/mol. The number of hydrogen-bond donors (Lipinski definition) is 3. The Balaban J connectivity index is 1.84. The zero-order chi connectivity index (χ0) is 24.2. The molecule has 0 amide bonds. The van der Waals surface area contributed by atoms with Gasteiger partial charge < -0.3 is 9.84 Å². The number of nitrogens with zero attached hydrogens (tertiary/aromatic N) is 2. The van der Waals surface area contributed by atoms with Crippen molar-refractivity contribution in [2.75, 3.05) is 19.1 Å². The van der Waals surface area contributed by atoms with Crippen LogP contribution >= 0.6 is 12.2 Å². The van der Waals surface area contributed by atoms with E-state index in [1.54, 1.807) is 43.3 Å². The van der Waals surface area contributed by atoms with Crippen LogP contribution < -0.4 is 11.0 Å². The average Bonchev–Trinajstić information content (AvgIpc) is 2.78. The minimum Gasteiger partial charge on any atom is -0.494 e. The third-order valence-corrected chi connectivity index (χ3v) is 7.01. The minimum absolute atomic E-state index is 0.0363. The van der Waals surface area contributed by atoms with E-state index in [0.29, 0.717) is 12.3 Å². The molecule has 11 heteroatoms. The van der Waals surface area contributed by atoms with Crippen LogP contribution in [0.5, 0.6) is 5.88 Å². The Morgan fingerprint density at radius 3 is 2.30 bits per heavy atom. The van der Waals surface area contributed by atoms with Crippen molar-refractivity contribution in [3.8, 4) is 5.88 Å². The lowest BCUT2D eigenvalue weighted by Crippen LogP contribution is -2.23. The van der Waals surface area contributed by atoms with E-state index in [1.165, 1.54) is 23.8 Å². The van der Waals surface area contributed by atoms with E-state index < -0.39 is 15.4 Å². The van der Waals surface area contributed by atoms with Crippen molar-refractivity contribution < 1.29 is 18.3 Å². The quantitative estimate of drug-likeness (QED) is 0.252. The van der Waals surface area contributed by atoms with Crippen LogP contribution in [-0.4, -0.2) is 42.5 Å². The molecule has 3 aromatic rings. The summed E-state index contributed by atoms with van der Waals surface area (Å²) >= 11 is 5.10. The third kappa shape index (κ3) is 5.38. The third-order valence-electron chi connectivity index (χ3n) is 4.90. The molecule has 0 aliphatic carbocycles. The number of H-pyrrole nitrogens is 1. The van der Waals surface area contributed by atoms with Gasteiger partial charge in [0.15, 0.2) is 4.77 Å². The fraction of sp³-hybridized carbons (Fsp3) is 0.227. The maximum Gasteiger partial charge on any atom is 0.264 e. The van der Waals surface area contributed by atoms with Gasteiger partial charge in [0.05, 0.1) is 34.3 Å². The maximum atomic E-state index is 12.8. The molecule has 1 heterocycles. The SMILES string of the molecule is COCCn1c(O)c(C(C)=NNc2ccc(S(=O)(=O)c3ccc(C)cc3)cc2)c(=O)[nH]c1=S. The van der Waals surface area contributed by atoms with E-state index >= 15 is 0 Å². The molecule has 2 aromatic carbocycles. The fourth-order valence-electron chi connectivity index (χ4n) is 3.04. The fourth-order valence-corrected chi connectivity index (χ4v) is 4.57. The zero-order valence-electron chi connectivity index (χ0n) is 18.3. The first kappa shape index (κ1) is 24.4. The number of aromatic amines is 1. The van der Waals surface area contributed by atoms with Gasteiger partial charge in [0, 0.05) is 7.11 Å². The Labute approximate surface area is 196 Å². The van der Waals surface area contributed by atoms with Gasteiger partial charge in [0.1, 0.15) is 5.56 Å². The van der Waals surface area contributed by atoms with Crippen LogP contribution in [0.15, 0.2) is 68.2 Å². The molecule has 9 nitrogen and oxygen atoms in total. The largest absolute Gasteiger partial charge is 0.494 e. The highest BCUT2D eigenvalue weighted by atomic mass is 32.2. The van der Waals surface area contributed by atoms with Crippen molar-refractivity contribution in [3.63, 3.8) is 0 Å². The Hall–Kier alpha value is -3.28. The highest BCUT2D eigenvalue weighted by Crippen LogP contribution is 2.23. The van der Waals surface area contributed by atoms with E-state index in [9.17, 15) is 18.3 Å². The molecule has 33 heavy (non-hydrogen) atoms. The summed E-state index contributed by atoms with van der Waals surface area (Å²) in [5, 5.41) is 14.7. The zero-order valence-corrected chi connectivity index (χ0v) is 20.0. The monoisotopic (exact) mass is 488 g/mol. The number of aromatic nitrogens is 2. The lowest BCUT2D eigenvalue weighted by atomic mass is 10.2. The number of rotatable bonds is 8. The summed E-state index contributed by atoms with van der Waals surface area (Å²) in [5.74, 6) is -0.316. The van der Waals surface area contributed by atoms with Gasteiger partial charge in [-0.3, -0.25) is 19.8 Å². The smallest absolute Gasteiger partial charge is 0.264 e. The van der Waals surface area contributed by atoms with E-state index in [0.717, 1.165) is 5.56 Å². The molecule has 0 radical (unpaired) electrons. The van der Waals surface area contributed by atoms with Crippen molar-refractivity contribution in [2.45, 2.75) is 30.2 Å². The van der Waals surface area contributed by atoms with E-state index in [1.807, 2.05) is 6.92 Å². The summed E-state index contributed by atoms with van der Waals surface area (Å²) in [7, 11) is -2.12. The van der Waals surface area contributed by atoms with Gasteiger partial charge in [0.25, 0.3) is 5.56 Å². The summed E-state index contributed by atoms with van der Waals surface area (Å²) in [4.78, 5) is 15.2. The lowest BCUT2D eigenvalue weighted by Gasteiger charge is -2.12. The summed E-state index contributed by atoms with van der Waals surface area (Å²) in [6, 6.07) is 12.7. The second-order valence-electron chi connectivity index (χ2n) is 7.25. The van der Waals surface area contributed by atoms with Crippen molar-refractivity contribution in [1.82, 2.24) is 9.55 Å². The van der Waals surface area contributed by atoms with E-state index in [2.05, 4.69) is 15.5 Å². The number of aryl methyl sites for hydroxylation is 1. The Kier molecular flexibility index (Phi) is 7.46. The molecule has 0 saturated heterocycles. The van der Waals surface area contributed by atoms with Crippen molar-refractivity contribution >= 4 is 33.5 Å². The summed E-state index contributed by atoms with van der Waals surface area (Å²) in [6.07, 6.45) is 0. The molecule has 0 atom stereocenters. The van der Waals surface area contributed by atoms with Crippen LogP contribution in [0.25, 0.3) is 0 Å². The molecule has 0 unspecified atom stereocenters. The molecule has 174 valence electrons. The lowest BCUT2D eigenvalue weighted by molar-refractivity contribution is 0.182. The standard InChI is InChI=1S/C22H24N4O5S2/c1-14-4-8-17(9-5-14)33(29,30)18-10-6-16(7-11-18)25-24-15(2)19-20(27)23-22(32)26(21(19)28)12-13-31-3/h4-11,25,28H,12-13H2,1-3H3,(H,23,27,32). The normalized spacial score (nSPS) is 12.0. The highest BCUT2D eigenvalue weighted by Gasteiger charge is 2.18. The number of ether oxygens (including phenoxy) is 1. The van der Waals surface area contributed by atoms with Gasteiger partial charge in [-0.25, -0.2) is 8.42 Å². The van der Waals surface area contributed by atoms with Crippen LogP contribution in [-0.2, 0) is 21.1 Å². The first-order valence-electron chi connectivity index (χ1n) is 9.92. The number of sulfone groups is 1. The highest BCUT2D eigenvalue weighted by molar-refractivity contribution is 7.91. The van der Waals surface area contributed by atoms with Gasteiger partial charge >= 0.3 is 0 Å². The van der Waals surface area contributed by atoms with E-state index in [-0.39, 0.29) is 38.3 Å². The van der Waals surface area contributed by atoms with Crippen LogP contribution in [0, 0.1) is 11.7 Å². The summed E-state index contributed by atoms with van der Waals surface area (Å²) < 4.78 is 32.0. The number of anilines is 1. The van der Waals surface area contributed by atoms with Crippen molar-refractivity contribution in [1.29, 1.82) is 0 Å². The Morgan fingerprint density at radius 2 is 1.73 bits per heavy atom. The molecular weight excluding hydrogens is 464 g/mol. The molecular formula is C22H24N4O5S2. The first-order valence-corrected chi connectivity index (χ1v) is 11.8. The molecule has 0 aliphatic heterocycles. The second kappa shape index (κ2) is 10.1. The number of hydrogen-bond acceptors (Lipinski definition) is 8. The predicted octanol–water partition coefficient (Wildman–Crippen LogP) is 3.24. The molecule has 0 bridgehead atoms. The maximum absolute atomic E-state index is 12.8. The van der Waals surface area contributed by atoms with Gasteiger partial charge in [-0.05, 0) is 62.5 Å². The van der Waals surface area contributed by atoms with Crippen LogP contribution in [0.1, 0.15) is 18.1 Å². The van der Waals surface area contributed by atoms with Crippen molar-refractivity contribution in [2.24, 2.45) is 5.10 Å². The Morgan fingerprint density at radius 1 is 1.15 bits per heavy atom. The molecule has 1 aromatic heterocycles. The number of benzene rings is 2. The number of nitrogens with one attached hydrogen (secondary N) is 2. The van der Waals surface area contributed by atoms with Gasteiger partial charge in [-0.2, -0.15) is 5.10 Å². The van der Waals surface area contributed by atoms with Crippen LogP contribution in [0.2, 0.25) is 0 Å². The van der Waals surface area contributed by atoms with Crippen LogP contribution in [0.3, 0.4) is 0 Å². The minimum atomic E-state index is -3.64. The number of hydrazone groups is 1. The predicted molar refractivity (Wildman–Crippen MR) is 128 cm³/mol. The number of methoxy groups -OCH3 is 1. The van der Waals surface area contributed by atoms with Gasteiger partial charge in [-0.1, -0.05) is 17.7 Å². The topological polar surface area (TPSA) is 126 Å². The van der Waals surface area contributed by atoms with Crippen LogP contribution in [0.4, 0.5) is 5.69 Å². The van der Waals surface area contributed by atoms with Crippen molar-refractivity contribution in [3.05, 3.63) is 74.8 Å². The Bertz CT molecular complexity index is 1390. The van der Waals surface area contributed by atoms with E-state index in [4.69, 9.17) is 17.0 Å². The molecule has 0 fully saturated rings.